The van der Waals surface area contributed by atoms with Crippen molar-refractivity contribution in [2.24, 2.45) is 94.7 Å². The van der Waals surface area contributed by atoms with Gasteiger partial charge in [0.15, 0.2) is 69.4 Å². The van der Waals surface area contributed by atoms with Crippen molar-refractivity contribution in [1.29, 1.82) is 0 Å². The van der Waals surface area contributed by atoms with Crippen molar-refractivity contribution in [3.8, 4) is 0 Å². The Kier molecular flexibility index (Phi) is 36.7. The zero-order chi connectivity index (χ0) is 76.1. The van der Waals surface area contributed by atoms with Crippen molar-refractivity contribution in [1.82, 2.24) is 0 Å². The van der Waals surface area contributed by atoms with E-state index >= 15 is 0 Å². The molecule has 12 aliphatic rings. The fourth-order valence-electron chi connectivity index (χ4n) is 19.5. The molecule has 574 valence electrons. The Morgan fingerprint density at radius 3 is 0.560 bits per heavy atom. The highest BCUT2D eigenvalue weighted by Crippen LogP contribution is 2.67. The summed E-state index contributed by atoms with van der Waals surface area (Å²) in [6, 6.07) is 0. The summed E-state index contributed by atoms with van der Waals surface area (Å²) < 4.78 is 111. The van der Waals surface area contributed by atoms with Gasteiger partial charge in [0.1, 0.15) is 0 Å². The van der Waals surface area contributed by atoms with Crippen LogP contribution in [0.25, 0.3) is 0 Å². The quantitative estimate of drug-likeness (QED) is 0.0519. The molecule has 0 heterocycles. The number of hydrogen-bond acceptors (Lipinski definition) is 14. The lowest BCUT2D eigenvalue weighted by molar-refractivity contribution is 0.259. The third-order valence-corrected chi connectivity index (χ3v) is 139. The lowest BCUT2D eigenvalue weighted by Crippen LogP contribution is -2.91. The Hall–Kier alpha value is -0.290. The summed E-state index contributed by atoms with van der Waals surface area (Å²) in [7, 11) is -20.4. The molecule has 20 atom stereocenters. The van der Waals surface area contributed by atoms with E-state index in [0.29, 0.717) is 0 Å². The fourth-order valence-corrected chi connectivity index (χ4v) is 121. The number of allylic oxidation sites excluding steroid dienone is 8. The Balaban J connectivity index is 0.000000248. The van der Waals surface area contributed by atoms with Crippen molar-refractivity contribution in [3.63, 3.8) is 0 Å². The summed E-state index contributed by atoms with van der Waals surface area (Å²) >= 11 is 0. The summed E-state index contributed by atoms with van der Waals surface area (Å²) in [4.78, 5) is 54.9. The molecule has 8 fully saturated rings. The highest BCUT2D eigenvalue weighted by Gasteiger charge is 2.91. The van der Waals surface area contributed by atoms with Gasteiger partial charge in [-0.3, -0.25) is 0 Å². The summed E-state index contributed by atoms with van der Waals surface area (Å²) in [6.07, 6.45) is 25.8. The molecule has 0 aromatic rings. The van der Waals surface area contributed by atoms with Gasteiger partial charge in [0, 0.05) is 56.9 Å². The van der Waals surface area contributed by atoms with Crippen molar-refractivity contribution in [2.75, 3.05) is 56.9 Å². The average molecular weight is 1670 g/mol. The molecule has 8 bridgehead atoms. The smallest absolute Gasteiger partial charge is 0.483 e. The predicted octanol–water partition coefficient (Wildman–Crippen LogP) is 9.12. The van der Waals surface area contributed by atoms with Crippen LogP contribution >= 0.6 is 0 Å². The minimum Gasteiger partial charge on any atom is -0.542 e. The Morgan fingerprint density at radius 2 is 0.440 bits per heavy atom. The van der Waals surface area contributed by atoms with Crippen LogP contribution in [0.15, 0.2) is 48.6 Å². The topological polar surface area (TPSA) is 298 Å². The predicted molar refractivity (Wildman–Crippen MR) is 428 cm³/mol. The van der Waals surface area contributed by atoms with E-state index < -0.39 is 132 Å². The van der Waals surface area contributed by atoms with E-state index in [1.54, 1.807) is 28.4 Å². The molecule has 0 aliphatic heterocycles. The van der Waals surface area contributed by atoms with Gasteiger partial charge in [-0.05, 0) is 299 Å². The van der Waals surface area contributed by atoms with E-state index in [0.717, 1.165) is 117 Å². The zero-order valence-electron chi connectivity index (χ0n) is 65.4. The first kappa shape index (κ1) is 92.1. The molecular formula is C64H134O20Si16. The van der Waals surface area contributed by atoms with Crippen molar-refractivity contribution >= 4 is 132 Å². The molecule has 100 heavy (non-hydrogen) atoms. The van der Waals surface area contributed by atoms with Crippen molar-refractivity contribution in [3.05, 3.63) is 48.6 Å². The minimum absolute atomic E-state index is 0.650. The maximum atomic E-state index is 11.4. The molecule has 36 heteroatoms. The molecule has 8 saturated carbocycles. The number of rotatable bonds is 19. The fraction of sp³-hybridized carbons (Fsp3) is 0.875. The average Bonchev–Trinajstić information content (AvgIpc) is 1.11. The summed E-state index contributed by atoms with van der Waals surface area (Å²) in [5.41, 5.74) is 3.75. The Labute approximate surface area is 622 Å². The van der Waals surface area contributed by atoms with Crippen LogP contribution in [-0.4, -0.2) is 218 Å². The van der Waals surface area contributed by atoms with Gasteiger partial charge in [0.05, 0.1) is 0 Å². The Morgan fingerprint density at radius 1 is 0.290 bits per heavy atom. The monoisotopic (exact) mass is 1670 g/mol. The number of fused-ring (bicyclic) bond motifs is 20. The van der Waals surface area contributed by atoms with Gasteiger partial charge in [-0.25, -0.2) is 0 Å². The molecule has 0 spiro atoms. The van der Waals surface area contributed by atoms with E-state index in [9.17, 15) is 26.8 Å². The van der Waals surface area contributed by atoms with Crippen LogP contribution in [0.1, 0.15) is 77.0 Å². The molecule has 0 aromatic heterocycles. The lowest BCUT2D eigenvalue weighted by Gasteiger charge is -2.38. The molecule has 12 aliphatic carbocycles. The number of hydrogen-bond donors (Lipinski definition) is 6. The SMILES string of the molecule is CO[SiH](C)C.CO[SiH](C)C.CO[SiH](C)C.CO[SiH](C)C.CO[Si](C)(C)C1CC2CC1C1CC=CC21.CO[Si](C)(C)C1CC2CC1C1CC=CC21.CO[Si](C)(C)C1CC2CC1C1CC=CC21.CO[Si](C)(C)C1CC2CC1C1CC=CC21.O=[Si](O)[Si]([Si](=O)O)([Si](=O)O)[Si]([Si](=O)O)([Si](=O)O)[Si](=O)O. The summed E-state index contributed by atoms with van der Waals surface area (Å²) in [5.74, 6) is 15.8. The van der Waals surface area contributed by atoms with Gasteiger partial charge >= 0.3 is 63.0 Å². The van der Waals surface area contributed by atoms with Crippen LogP contribution in [0, 0.1) is 94.7 Å². The van der Waals surface area contributed by atoms with E-state index in [1.807, 2.05) is 28.4 Å². The van der Waals surface area contributed by atoms with Crippen LogP contribution in [-0.2, 0) is 62.2 Å². The van der Waals surface area contributed by atoms with Gasteiger partial charge in [-0.1, -0.05) is 48.6 Å². The second-order valence-electron chi connectivity index (χ2n) is 33.3. The van der Waals surface area contributed by atoms with E-state index in [2.05, 4.69) is 153 Å². The van der Waals surface area contributed by atoms with Crippen molar-refractivity contribution < 1.29 is 91.0 Å². The van der Waals surface area contributed by atoms with Gasteiger partial charge in [0.25, 0.3) is 0 Å². The minimum atomic E-state index is -5.60. The van der Waals surface area contributed by atoms with Gasteiger partial charge in [-0.2, -0.15) is 0 Å². The standard InChI is InChI=1S/4C13H22OSi.4C3H10OSi.H6O12Si8/c4*1-14-15(2,3)13-8-9-7-12(13)11-6-4-5-10(9)11;4*1-4-5(2)3;1-13(2)19(14(3)4,15(5)6)20(16(7)8,17(9)10)18(11)12/h4*4-5,9-13H,6-8H2,1-3H3;4*5H,1-3H3;1,3,5,7,9,11H. The van der Waals surface area contributed by atoms with E-state index in [-0.39, 0.29) is 0 Å². The summed E-state index contributed by atoms with van der Waals surface area (Å²) in [6.45, 7) is 36.4. The molecule has 0 radical (unpaired) electrons. The molecular weight excluding hydrogens is 1540 g/mol. The first-order valence-electron chi connectivity index (χ1n) is 36.9. The second kappa shape index (κ2) is 39.9. The van der Waals surface area contributed by atoms with Gasteiger partial charge < -0.3 is 91.0 Å². The molecule has 6 N–H and O–H groups in total. The molecule has 0 aromatic carbocycles. The van der Waals surface area contributed by atoms with Crippen LogP contribution in [0.5, 0.6) is 0 Å². The third-order valence-electron chi connectivity index (χ3n) is 26.1. The molecule has 20 unspecified atom stereocenters. The summed E-state index contributed by atoms with van der Waals surface area (Å²) in [5, 5.41) is 0. The molecule has 20 nitrogen and oxygen atoms in total. The van der Waals surface area contributed by atoms with Crippen LogP contribution in [0.2, 0.25) is 127 Å². The van der Waals surface area contributed by atoms with Gasteiger partial charge in [-0.15, -0.1) is 0 Å². The maximum absolute atomic E-state index is 11.4. The maximum Gasteiger partial charge on any atom is 0.483 e. The first-order chi connectivity index (χ1) is 46.5. The lowest BCUT2D eigenvalue weighted by atomic mass is 9.81. The van der Waals surface area contributed by atoms with Crippen molar-refractivity contribution in [2.45, 2.75) is 204 Å². The molecule has 0 amide bonds. The zero-order valence-corrected chi connectivity index (χ0v) is 82.0. The molecule has 0 saturated heterocycles. The Bertz CT molecular complexity index is 2440. The first-order valence-corrected chi connectivity index (χ1v) is 79.1. The normalized spacial score (nSPS) is 32.7. The van der Waals surface area contributed by atoms with E-state index in [1.165, 1.54) is 77.0 Å². The highest BCUT2D eigenvalue weighted by atomic mass is 30.4. The van der Waals surface area contributed by atoms with Crippen LogP contribution < -0.4 is 0 Å². The van der Waals surface area contributed by atoms with Gasteiger partial charge in [0.2, 0.25) is 0 Å². The largest absolute Gasteiger partial charge is 0.542 e. The highest BCUT2D eigenvalue weighted by molar-refractivity contribution is 8.14. The van der Waals surface area contributed by atoms with E-state index in [4.69, 9.17) is 64.2 Å². The second-order valence-corrected chi connectivity index (χ2v) is 111. The third kappa shape index (κ3) is 21.0. The molecule has 12 rings (SSSR count). The van der Waals surface area contributed by atoms with Crippen LogP contribution in [0.3, 0.4) is 0 Å². The van der Waals surface area contributed by atoms with Crippen LogP contribution in [0.4, 0.5) is 0 Å².